The largest absolute Gasteiger partial charge is 0.324 e. The van der Waals surface area contributed by atoms with Crippen molar-refractivity contribution in [1.29, 1.82) is 0 Å². The second kappa shape index (κ2) is 6.04. The average Bonchev–Trinajstić information content (AvgIpc) is 2.50. The molecule has 2 aliphatic rings. The zero-order valence-corrected chi connectivity index (χ0v) is 12.6. The van der Waals surface area contributed by atoms with Crippen molar-refractivity contribution in [1.82, 2.24) is 4.90 Å². The molecule has 0 unspecified atom stereocenters. The predicted octanol–water partition coefficient (Wildman–Crippen LogP) is 4.18. The van der Waals surface area contributed by atoms with Crippen LogP contribution in [0.15, 0.2) is 18.2 Å². The van der Waals surface area contributed by atoms with Crippen LogP contribution in [0.2, 0.25) is 0 Å². The molecule has 4 heteroatoms. The SMILES string of the molecule is Cc1ccc(NC(=O)N2CC[C@H]3CCCC[C@H]3C2)cc1F. The maximum Gasteiger partial charge on any atom is 0.321 e. The number of amides is 2. The van der Waals surface area contributed by atoms with Crippen LogP contribution in [-0.4, -0.2) is 24.0 Å². The lowest BCUT2D eigenvalue weighted by atomic mass is 9.75. The molecule has 2 atom stereocenters. The van der Waals surface area contributed by atoms with Gasteiger partial charge >= 0.3 is 6.03 Å². The summed E-state index contributed by atoms with van der Waals surface area (Å²) in [5.41, 5.74) is 1.13. The Balaban J connectivity index is 1.61. The van der Waals surface area contributed by atoms with Crippen molar-refractivity contribution in [2.75, 3.05) is 18.4 Å². The summed E-state index contributed by atoms with van der Waals surface area (Å²) >= 11 is 0. The number of hydrogen-bond acceptors (Lipinski definition) is 1. The summed E-state index contributed by atoms with van der Waals surface area (Å²) in [5, 5.41) is 2.82. The van der Waals surface area contributed by atoms with Gasteiger partial charge in [0.05, 0.1) is 0 Å². The molecule has 1 aromatic rings. The van der Waals surface area contributed by atoms with E-state index < -0.39 is 0 Å². The van der Waals surface area contributed by atoms with Gasteiger partial charge in [0.15, 0.2) is 0 Å². The molecule has 21 heavy (non-hydrogen) atoms. The number of carbonyl (C=O) groups excluding carboxylic acids is 1. The summed E-state index contributed by atoms with van der Waals surface area (Å²) < 4.78 is 13.5. The molecule has 2 amide bonds. The molecule has 1 saturated heterocycles. The summed E-state index contributed by atoms with van der Waals surface area (Å²) in [6.45, 7) is 3.39. The Kier molecular flexibility index (Phi) is 4.13. The Hall–Kier alpha value is -1.58. The summed E-state index contributed by atoms with van der Waals surface area (Å²) in [6, 6.07) is 4.74. The average molecular weight is 290 g/mol. The van der Waals surface area contributed by atoms with Crippen molar-refractivity contribution in [3.63, 3.8) is 0 Å². The van der Waals surface area contributed by atoms with E-state index in [0.29, 0.717) is 17.2 Å². The number of carbonyl (C=O) groups is 1. The highest BCUT2D eigenvalue weighted by Gasteiger charge is 2.32. The van der Waals surface area contributed by atoms with E-state index in [4.69, 9.17) is 0 Å². The summed E-state index contributed by atoms with van der Waals surface area (Å²) in [5.74, 6) is 1.19. The third kappa shape index (κ3) is 3.20. The number of fused-ring (bicyclic) bond motifs is 1. The normalized spacial score (nSPS) is 25.3. The second-order valence-electron chi connectivity index (χ2n) is 6.43. The molecule has 3 rings (SSSR count). The molecule has 0 radical (unpaired) electrons. The highest BCUT2D eigenvalue weighted by atomic mass is 19.1. The van der Waals surface area contributed by atoms with E-state index in [2.05, 4.69) is 5.32 Å². The molecule has 0 bridgehead atoms. The zero-order chi connectivity index (χ0) is 14.8. The van der Waals surface area contributed by atoms with Gasteiger partial charge in [0.25, 0.3) is 0 Å². The van der Waals surface area contributed by atoms with Crippen LogP contribution in [0.4, 0.5) is 14.9 Å². The number of hydrogen-bond donors (Lipinski definition) is 1. The molecule has 1 saturated carbocycles. The van der Waals surface area contributed by atoms with Crippen LogP contribution in [0.5, 0.6) is 0 Å². The maximum absolute atomic E-state index is 13.5. The number of halogens is 1. The van der Waals surface area contributed by atoms with Crippen LogP contribution in [0, 0.1) is 24.6 Å². The topological polar surface area (TPSA) is 32.3 Å². The fourth-order valence-corrected chi connectivity index (χ4v) is 3.66. The van der Waals surface area contributed by atoms with Gasteiger partial charge in [-0.3, -0.25) is 0 Å². The lowest BCUT2D eigenvalue weighted by Crippen LogP contribution is -2.46. The van der Waals surface area contributed by atoms with Gasteiger partial charge in [0.2, 0.25) is 0 Å². The fourth-order valence-electron chi connectivity index (χ4n) is 3.66. The molecular formula is C17H23FN2O. The van der Waals surface area contributed by atoms with Gasteiger partial charge in [0.1, 0.15) is 5.82 Å². The second-order valence-corrected chi connectivity index (χ2v) is 6.43. The van der Waals surface area contributed by atoms with Crippen molar-refractivity contribution >= 4 is 11.7 Å². The van der Waals surface area contributed by atoms with E-state index in [1.165, 1.54) is 31.7 Å². The minimum absolute atomic E-state index is 0.0951. The first kappa shape index (κ1) is 14.4. The molecule has 1 aliphatic heterocycles. The molecule has 2 fully saturated rings. The molecule has 1 aromatic carbocycles. The minimum Gasteiger partial charge on any atom is -0.324 e. The predicted molar refractivity (Wildman–Crippen MR) is 81.8 cm³/mol. The molecule has 3 nitrogen and oxygen atoms in total. The van der Waals surface area contributed by atoms with Crippen molar-refractivity contribution in [3.8, 4) is 0 Å². The number of nitrogens with one attached hydrogen (secondary N) is 1. The first-order valence-corrected chi connectivity index (χ1v) is 7.95. The number of nitrogens with zero attached hydrogens (tertiary/aromatic N) is 1. The van der Waals surface area contributed by atoms with Crippen molar-refractivity contribution in [2.24, 2.45) is 11.8 Å². The molecular weight excluding hydrogens is 267 g/mol. The Morgan fingerprint density at radius 1 is 1.24 bits per heavy atom. The first-order chi connectivity index (χ1) is 10.1. The molecule has 0 spiro atoms. The number of rotatable bonds is 1. The Morgan fingerprint density at radius 2 is 2.00 bits per heavy atom. The molecule has 0 aromatic heterocycles. The van der Waals surface area contributed by atoms with Gasteiger partial charge in [0, 0.05) is 18.8 Å². The van der Waals surface area contributed by atoms with E-state index in [1.807, 2.05) is 4.90 Å². The fraction of sp³-hybridized carbons (Fsp3) is 0.588. The number of piperidine rings is 1. The number of urea groups is 1. The van der Waals surface area contributed by atoms with E-state index in [1.54, 1.807) is 19.1 Å². The Labute approximate surface area is 125 Å². The smallest absolute Gasteiger partial charge is 0.321 e. The van der Waals surface area contributed by atoms with E-state index in [0.717, 1.165) is 25.4 Å². The summed E-state index contributed by atoms with van der Waals surface area (Å²) in [7, 11) is 0. The third-order valence-electron chi connectivity index (χ3n) is 5.00. The molecule has 114 valence electrons. The van der Waals surface area contributed by atoms with Crippen molar-refractivity contribution in [3.05, 3.63) is 29.6 Å². The minimum atomic E-state index is -0.279. The van der Waals surface area contributed by atoms with Gasteiger partial charge < -0.3 is 10.2 Å². The van der Waals surface area contributed by atoms with E-state index >= 15 is 0 Å². The lowest BCUT2D eigenvalue weighted by Gasteiger charge is -2.41. The Bertz CT molecular complexity index is 532. The maximum atomic E-state index is 13.5. The van der Waals surface area contributed by atoms with Crippen LogP contribution >= 0.6 is 0 Å². The van der Waals surface area contributed by atoms with Gasteiger partial charge in [-0.15, -0.1) is 0 Å². The standard InChI is InChI=1S/C17H23FN2O/c1-12-6-7-15(10-16(12)18)19-17(21)20-9-8-13-4-2-3-5-14(13)11-20/h6-7,10,13-14H,2-5,8-9,11H2,1H3,(H,19,21)/t13-,14+/m1/s1. The molecule has 1 heterocycles. The van der Waals surface area contributed by atoms with Crippen molar-refractivity contribution in [2.45, 2.75) is 39.0 Å². The van der Waals surface area contributed by atoms with Gasteiger partial charge in [-0.25, -0.2) is 9.18 Å². The van der Waals surface area contributed by atoms with E-state index in [-0.39, 0.29) is 11.8 Å². The monoisotopic (exact) mass is 290 g/mol. The third-order valence-corrected chi connectivity index (χ3v) is 5.00. The quantitative estimate of drug-likeness (QED) is 0.827. The van der Waals surface area contributed by atoms with Crippen LogP contribution < -0.4 is 5.32 Å². The van der Waals surface area contributed by atoms with Crippen LogP contribution in [-0.2, 0) is 0 Å². The first-order valence-electron chi connectivity index (χ1n) is 7.95. The number of aryl methyl sites for hydroxylation is 1. The zero-order valence-electron chi connectivity index (χ0n) is 12.6. The highest BCUT2D eigenvalue weighted by molar-refractivity contribution is 5.89. The van der Waals surface area contributed by atoms with E-state index in [9.17, 15) is 9.18 Å². The van der Waals surface area contributed by atoms with Crippen LogP contribution in [0.3, 0.4) is 0 Å². The lowest BCUT2D eigenvalue weighted by molar-refractivity contribution is 0.108. The van der Waals surface area contributed by atoms with Crippen LogP contribution in [0.25, 0.3) is 0 Å². The number of likely N-dealkylation sites (tertiary alicyclic amines) is 1. The highest BCUT2D eigenvalue weighted by Crippen LogP contribution is 2.36. The molecule has 1 N–H and O–H groups in total. The number of anilines is 1. The number of benzene rings is 1. The van der Waals surface area contributed by atoms with Gasteiger partial charge in [-0.1, -0.05) is 25.3 Å². The molecule has 1 aliphatic carbocycles. The summed E-state index contributed by atoms with van der Waals surface area (Å²) in [4.78, 5) is 14.2. The van der Waals surface area contributed by atoms with Crippen molar-refractivity contribution < 1.29 is 9.18 Å². The van der Waals surface area contributed by atoms with Gasteiger partial charge in [-0.05, 0) is 49.3 Å². The Morgan fingerprint density at radius 3 is 2.76 bits per heavy atom. The van der Waals surface area contributed by atoms with Crippen LogP contribution in [0.1, 0.15) is 37.7 Å². The summed E-state index contributed by atoms with van der Waals surface area (Å²) in [6.07, 6.45) is 6.31. The van der Waals surface area contributed by atoms with Gasteiger partial charge in [-0.2, -0.15) is 0 Å².